The van der Waals surface area contributed by atoms with E-state index in [2.05, 4.69) is 12.2 Å². The molecule has 3 rings (SSSR count). The minimum Gasteiger partial charge on any atom is -0.375 e. The number of carbonyl (C=O) groups is 2. The Bertz CT molecular complexity index is 600. The number of ether oxygens (including phenoxy) is 1. The van der Waals surface area contributed by atoms with E-state index in [9.17, 15) is 9.59 Å². The molecule has 0 spiro atoms. The third-order valence-electron chi connectivity index (χ3n) is 4.62. The van der Waals surface area contributed by atoms with E-state index in [1.165, 1.54) is 35.5 Å². The van der Waals surface area contributed by atoms with Gasteiger partial charge in [-0.2, -0.15) is 0 Å². The minimum absolute atomic E-state index is 0.0117. The van der Waals surface area contributed by atoms with Gasteiger partial charge in [-0.05, 0) is 36.6 Å². The lowest BCUT2D eigenvalue weighted by molar-refractivity contribution is -0.134. The quantitative estimate of drug-likeness (QED) is 0.751. The van der Waals surface area contributed by atoms with Crippen molar-refractivity contribution in [3.05, 3.63) is 17.0 Å². The van der Waals surface area contributed by atoms with Crippen LogP contribution < -0.4 is 5.32 Å². The fourth-order valence-corrected chi connectivity index (χ4v) is 5.25. The molecule has 1 saturated carbocycles. The lowest BCUT2D eigenvalue weighted by atomic mass is 9.98. The summed E-state index contributed by atoms with van der Waals surface area (Å²) < 4.78 is 6.13. The molecule has 2 amide bonds. The Balaban J connectivity index is 1.63. The lowest BCUT2D eigenvalue weighted by Crippen LogP contribution is -2.41. The Hall–Kier alpha value is -1.05. The molecule has 24 heavy (non-hydrogen) atoms. The lowest BCUT2D eigenvalue weighted by Gasteiger charge is -2.18. The fourth-order valence-electron chi connectivity index (χ4n) is 3.30. The molecule has 5 nitrogen and oxygen atoms in total. The molecule has 2 aliphatic rings. The summed E-state index contributed by atoms with van der Waals surface area (Å²) in [4.78, 5) is 27.3. The molecule has 0 bridgehead atoms. The highest BCUT2D eigenvalue weighted by Crippen LogP contribution is 2.41. The summed E-state index contributed by atoms with van der Waals surface area (Å²) in [7, 11) is 1.54. The molecule has 1 N–H and O–H groups in total. The van der Waals surface area contributed by atoms with Crippen LogP contribution >= 0.6 is 23.1 Å². The first-order chi connectivity index (χ1) is 11.6. The number of methoxy groups -OCH3 is 1. The predicted octanol–water partition coefficient (Wildman–Crippen LogP) is 2.47. The average molecular weight is 369 g/mol. The van der Waals surface area contributed by atoms with Crippen molar-refractivity contribution in [2.45, 2.75) is 30.0 Å². The van der Waals surface area contributed by atoms with Crippen molar-refractivity contribution in [2.75, 3.05) is 32.6 Å². The van der Waals surface area contributed by atoms with Crippen molar-refractivity contribution in [3.63, 3.8) is 0 Å². The van der Waals surface area contributed by atoms with Gasteiger partial charge >= 0.3 is 0 Å². The SMILES string of the molecule is CCSc1ccc(C(=O)N[C@@H]2CN(C(=O)COC)C[C@H]2C2CC2)s1. The molecule has 0 radical (unpaired) electrons. The van der Waals surface area contributed by atoms with Gasteiger partial charge in [0.25, 0.3) is 5.91 Å². The summed E-state index contributed by atoms with van der Waals surface area (Å²) in [5.74, 6) is 2.02. The Kier molecular flexibility index (Phi) is 5.84. The highest BCUT2D eigenvalue weighted by Gasteiger charge is 2.44. The van der Waals surface area contributed by atoms with Crippen LogP contribution in [0.15, 0.2) is 16.3 Å². The molecule has 1 aromatic heterocycles. The van der Waals surface area contributed by atoms with Crippen molar-refractivity contribution >= 4 is 34.9 Å². The molecular formula is C17H24N2O3S2. The molecule has 1 aliphatic heterocycles. The fraction of sp³-hybridized carbons (Fsp3) is 0.647. The maximum Gasteiger partial charge on any atom is 0.261 e. The maximum absolute atomic E-state index is 12.6. The van der Waals surface area contributed by atoms with Crippen LogP contribution in [0.25, 0.3) is 0 Å². The summed E-state index contributed by atoms with van der Waals surface area (Å²) in [5.41, 5.74) is 0. The number of rotatable bonds is 7. The molecule has 2 fully saturated rings. The summed E-state index contributed by atoms with van der Waals surface area (Å²) in [6.07, 6.45) is 2.42. The van der Waals surface area contributed by atoms with Crippen molar-refractivity contribution in [3.8, 4) is 0 Å². The summed E-state index contributed by atoms with van der Waals surface area (Å²) in [5, 5.41) is 3.18. The number of hydrogen-bond acceptors (Lipinski definition) is 5. The van der Waals surface area contributed by atoms with E-state index in [0.29, 0.717) is 18.4 Å². The second kappa shape index (κ2) is 7.89. The Morgan fingerprint density at radius 3 is 2.83 bits per heavy atom. The van der Waals surface area contributed by atoms with Crippen LogP contribution in [0.4, 0.5) is 0 Å². The third-order valence-corrected chi connectivity index (χ3v) is 6.81. The second-order valence-corrected chi connectivity index (χ2v) is 9.01. The molecule has 1 aromatic rings. The molecule has 2 atom stereocenters. The Labute approximate surface area is 151 Å². The van der Waals surface area contributed by atoms with E-state index in [0.717, 1.165) is 17.2 Å². The van der Waals surface area contributed by atoms with Gasteiger partial charge in [0.05, 0.1) is 15.1 Å². The zero-order valence-corrected chi connectivity index (χ0v) is 15.8. The van der Waals surface area contributed by atoms with E-state index >= 15 is 0 Å². The van der Waals surface area contributed by atoms with Crippen molar-refractivity contribution in [2.24, 2.45) is 11.8 Å². The average Bonchev–Trinajstić information content (AvgIpc) is 3.14. The molecule has 0 unspecified atom stereocenters. The van der Waals surface area contributed by atoms with Crippen LogP contribution in [0.1, 0.15) is 29.4 Å². The second-order valence-electron chi connectivity index (χ2n) is 6.36. The predicted molar refractivity (Wildman–Crippen MR) is 96.6 cm³/mol. The zero-order valence-electron chi connectivity index (χ0n) is 14.1. The Morgan fingerprint density at radius 2 is 2.17 bits per heavy atom. The van der Waals surface area contributed by atoms with Crippen LogP contribution in [0.2, 0.25) is 0 Å². The van der Waals surface area contributed by atoms with Crippen LogP contribution in [-0.4, -0.2) is 55.3 Å². The monoisotopic (exact) mass is 368 g/mol. The van der Waals surface area contributed by atoms with Crippen LogP contribution in [0, 0.1) is 11.8 Å². The minimum atomic E-state index is -0.0142. The number of hydrogen-bond donors (Lipinski definition) is 1. The third kappa shape index (κ3) is 4.13. The van der Waals surface area contributed by atoms with Gasteiger partial charge in [-0.3, -0.25) is 9.59 Å². The van der Waals surface area contributed by atoms with Crippen LogP contribution in [-0.2, 0) is 9.53 Å². The number of likely N-dealkylation sites (tertiary alicyclic amines) is 1. The first-order valence-electron chi connectivity index (χ1n) is 8.42. The van der Waals surface area contributed by atoms with Gasteiger partial charge in [-0.15, -0.1) is 23.1 Å². The maximum atomic E-state index is 12.6. The normalized spacial score (nSPS) is 23.5. The topological polar surface area (TPSA) is 58.6 Å². The molecule has 0 aromatic carbocycles. The summed E-state index contributed by atoms with van der Waals surface area (Å²) in [6.45, 7) is 3.55. The number of thioether (sulfide) groups is 1. The zero-order chi connectivity index (χ0) is 17.1. The summed E-state index contributed by atoms with van der Waals surface area (Å²) in [6, 6.07) is 3.96. The standard InChI is InChI=1S/C17H24N2O3S2/c1-3-23-16-7-6-14(24-16)17(21)18-13-9-19(15(20)10-22-2)8-12(13)11-4-5-11/h6-7,11-13H,3-5,8-10H2,1-2H3,(H,18,21)/t12-,13+/m0/s1. The number of nitrogens with one attached hydrogen (secondary N) is 1. The van der Waals surface area contributed by atoms with Crippen LogP contribution in [0.5, 0.6) is 0 Å². The van der Waals surface area contributed by atoms with Crippen molar-refractivity contribution in [1.29, 1.82) is 0 Å². The van der Waals surface area contributed by atoms with E-state index in [1.54, 1.807) is 11.8 Å². The van der Waals surface area contributed by atoms with Gasteiger partial charge in [-0.1, -0.05) is 6.92 Å². The summed E-state index contributed by atoms with van der Waals surface area (Å²) >= 11 is 3.29. The van der Waals surface area contributed by atoms with Crippen LogP contribution in [0.3, 0.4) is 0 Å². The largest absolute Gasteiger partial charge is 0.375 e. The van der Waals surface area contributed by atoms with Crippen molar-refractivity contribution in [1.82, 2.24) is 10.2 Å². The van der Waals surface area contributed by atoms with E-state index in [1.807, 2.05) is 17.0 Å². The van der Waals surface area contributed by atoms with Gasteiger partial charge in [0, 0.05) is 26.1 Å². The highest BCUT2D eigenvalue weighted by molar-refractivity contribution is 8.01. The molecule has 1 saturated heterocycles. The number of carbonyl (C=O) groups excluding carboxylic acids is 2. The van der Waals surface area contributed by atoms with E-state index < -0.39 is 0 Å². The molecule has 7 heteroatoms. The van der Waals surface area contributed by atoms with Gasteiger partial charge in [0.15, 0.2) is 0 Å². The first-order valence-corrected chi connectivity index (χ1v) is 10.2. The van der Waals surface area contributed by atoms with Gasteiger partial charge in [-0.25, -0.2) is 0 Å². The number of amides is 2. The number of thiophene rings is 1. The van der Waals surface area contributed by atoms with Gasteiger partial charge in [0.1, 0.15) is 6.61 Å². The first kappa shape index (κ1) is 17.8. The van der Waals surface area contributed by atoms with E-state index in [-0.39, 0.29) is 24.5 Å². The highest BCUT2D eigenvalue weighted by atomic mass is 32.2. The Morgan fingerprint density at radius 1 is 1.38 bits per heavy atom. The number of nitrogens with zero attached hydrogens (tertiary/aromatic N) is 1. The van der Waals surface area contributed by atoms with Gasteiger partial charge < -0.3 is 15.0 Å². The molecular weight excluding hydrogens is 344 g/mol. The molecule has 132 valence electrons. The molecule has 1 aliphatic carbocycles. The van der Waals surface area contributed by atoms with E-state index in [4.69, 9.17) is 4.74 Å². The molecule has 2 heterocycles. The van der Waals surface area contributed by atoms with Gasteiger partial charge in [0.2, 0.25) is 5.91 Å². The van der Waals surface area contributed by atoms with Crippen molar-refractivity contribution < 1.29 is 14.3 Å². The smallest absolute Gasteiger partial charge is 0.261 e.